The summed E-state index contributed by atoms with van der Waals surface area (Å²) in [6.45, 7) is 7.06. The van der Waals surface area contributed by atoms with Gasteiger partial charge < -0.3 is 30.7 Å². The Labute approximate surface area is 209 Å². The minimum Gasteiger partial charge on any atom is -0.486 e. The molecule has 4 rings (SSSR count). The van der Waals surface area contributed by atoms with E-state index in [2.05, 4.69) is 58.9 Å². The molecule has 0 atom stereocenters. The third-order valence-electron chi connectivity index (χ3n) is 6.27. The van der Waals surface area contributed by atoms with Crippen LogP contribution in [0.1, 0.15) is 53.4 Å². The van der Waals surface area contributed by atoms with E-state index in [1.54, 1.807) is 12.1 Å². The van der Waals surface area contributed by atoms with Crippen LogP contribution in [-0.2, 0) is 0 Å². The maximum Gasteiger partial charge on any atom is 0.387 e. The van der Waals surface area contributed by atoms with Crippen molar-refractivity contribution in [2.24, 2.45) is 0 Å². The van der Waals surface area contributed by atoms with Gasteiger partial charge in [-0.1, -0.05) is 0 Å². The molecule has 11 heteroatoms. The molecule has 2 aliphatic heterocycles. The van der Waals surface area contributed by atoms with Crippen LogP contribution in [0.25, 0.3) is 0 Å². The lowest BCUT2D eigenvalue weighted by Crippen LogP contribution is -2.60. The van der Waals surface area contributed by atoms with Crippen LogP contribution in [0.5, 0.6) is 11.5 Å². The Morgan fingerprint density at radius 1 is 1.06 bits per heavy atom. The zero-order chi connectivity index (χ0) is 25.9. The molecule has 1 aromatic carbocycles. The number of aromatic nitrogens is 2. The topological polar surface area (TPSA) is 92.4 Å². The van der Waals surface area contributed by atoms with Gasteiger partial charge in [-0.2, -0.15) is 13.8 Å². The molecule has 2 aliphatic rings. The summed E-state index contributed by atoms with van der Waals surface area (Å²) >= 11 is 0. The number of rotatable bonds is 8. The minimum atomic E-state index is -3.01. The van der Waals surface area contributed by atoms with Gasteiger partial charge in [0.15, 0.2) is 23.1 Å². The Balaban J connectivity index is 1.50. The highest BCUT2D eigenvalue weighted by Gasteiger charge is 2.38. The summed E-state index contributed by atoms with van der Waals surface area (Å²) in [5, 5.41) is 13.0. The summed E-state index contributed by atoms with van der Waals surface area (Å²) in [4.78, 5) is 8.32. The lowest BCUT2D eigenvalue weighted by molar-refractivity contribution is -0.0522. The number of nitrogens with one attached hydrogen (secondary N) is 4. The monoisotopic (exact) mass is 508 g/mol. The molecular formula is C25H35F3N6O2. The first kappa shape index (κ1) is 26.3. The van der Waals surface area contributed by atoms with Crippen molar-refractivity contribution < 1.29 is 22.6 Å². The van der Waals surface area contributed by atoms with E-state index in [1.165, 1.54) is 6.07 Å². The first-order valence-corrected chi connectivity index (χ1v) is 12.3. The third-order valence-corrected chi connectivity index (χ3v) is 6.27. The molecule has 0 unspecified atom stereocenters. The highest BCUT2D eigenvalue weighted by atomic mass is 19.3. The molecule has 2 fully saturated rings. The largest absolute Gasteiger partial charge is 0.486 e. The van der Waals surface area contributed by atoms with Gasteiger partial charge in [0, 0.05) is 28.9 Å². The normalized spacial score (nSPS) is 20.2. The third kappa shape index (κ3) is 7.13. The van der Waals surface area contributed by atoms with Gasteiger partial charge in [0.25, 0.3) is 0 Å². The van der Waals surface area contributed by atoms with E-state index < -0.39 is 12.4 Å². The van der Waals surface area contributed by atoms with Gasteiger partial charge >= 0.3 is 6.61 Å². The molecule has 0 bridgehead atoms. The molecule has 8 nitrogen and oxygen atoms in total. The average Bonchev–Trinajstić information content (AvgIpc) is 2.76. The lowest BCUT2D eigenvalue weighted by Gasteiger charge is -2.46. The summed E-state index contributed by atoms with van der Waals surface area (Å²) in [6.07, 6.45) is 4.13. The number of nitrogens with zero attached hydrogens (tertiary/aromatic N) is 2. The summed E-state index contributed by atoms with van der Waals surface area (Å²) in [5.41, 5.74) is 0.163. The fraction of sp³-hybridized carbons (Fsp3) is 0.600. The second-order valence-electron chi connectivity index (χ2n) is 10.8. The van der Waals surface area contributed by atoms with Gasteiger partial charge in [-0.25, -0.2) is 9.37 Å². The van der Waals surface area contributed by atoms with E-state index in [0.717, 1.165) is 45.0 Å². The number of ether oxygens (including phenoxy) is 2. The number of piperidine rings is 2. The first-order chi connectivity index (χ1) is 17.0. The van der Waals surface area contributed by atoms with E-state index >= 15 is 0 Å². The van der Waals surface area contributed by atoms with Crippen molar-refractivity contribution in [1.82, 2.24) is 20.6 Å². The van der Waals surface area contributed by atoms with Crippen molar-refractivity contribution in [2.45, 2.75) is 83.2 Å². The summed E-state index contributed by atoms with van der Waals surface area (Å²) in [7, 11) is 0. The highest BCUT2D eigenvalue weighted by molar-refractivity contribution is 5.60. The van der Waals surface area contributed by atoms with Crippen molar-refractivity contribution in [3.63, 3.8) is 0 Å². The average molecular weight is 509 g/mol. The molecular weight excluding hydrogens is 473 g/mol. The van der Waals surface area contributed by atoms with Crippen LogP contribution >= 0.6 is 0 Å². The molecule has 3 heterocycles. The molecule has 198 valence electrons. The summed E-state index contributed by atoms with van der Waals surface area (Å²) < 4.78 is 51.4. The Morgan fingerprint density at radius 3 is 2.42 bits per heavy atom. The minimum absolute atomic E-state index is 0.00552. The van der Waals surface area contributed by atoms with Crippen molar-refractivity contribution in [3.8, 4) is 11.5 Å². The molecule has 0 saturated carbocycles. The maximum absolute atomic E-state index is 14.6. The second kappa shape index (κ2) is 10.7. The lowest BCUT2D eigenvalue weighted by atomic mass is 9.79. The number of benzene rings is 1. The van der Waals surface area contributed by atoms with Crippen molar-refractivity contribution in [2.75, 3.05) is 23.7 Å². The van der Waals surface area contributed by atoms with Crippen LogP contribution in [0.15, 0.2) is 24.4 Å². The summed E-state index contributed by atoms with van der Waals surface area (Å²) in [6, 6.07) is 4.64. The van der Waals surface area contributed by atoms with Crippen LogP contribution in [0.2, 0.25) is 0 Å². The highest BCUT2D eigenvalue weighted by Crippen LogP contribution is 2.35. The number of hydrogen-bond acceptors (Lipinski definition) is 8. The molecule has 0 amide bonds. The van der Waals surface area contributed by atoms with Crippen molar-refractivity contribution in [1.29, 1.82) is 0 Å². The molecule has 2 aromatic rings. The van der Waals surface area contributed by atoms with E-state index in [9.17, 15) is 13.2 Å². The Kier molecular flexibility index (Phi) is 7.79. The molecule has 36 heavy (non-hydrogen) atoms. The Morgan fingerprint density at radius 2 is 1.75 bits per heavy atom. The van der Waals surface area contributed by atoms with Gasteiger partial charge in [-0.3, -0.25) is 0 Å². The first-order valence-electron chi connectivity index (χ1n) is 12.3. The fourth-order valence-corrected chi connectivity index (χ4v) is 5.24. The predicted octanol–water partition coefficient (Wildman–Crippen LogP) is 4.81. The Bertz CT molecular complexity index is 1030. The molecule has 0 aliphatic carbocycles. The van der Waals surface area contributed by atoms with E-state index in [0.29, 0.717) is 5.69 Å². The fourth-order valence-electron chi connectivity index (χ4n) is 5.24. The quantitative estimate of drug-likeness (QED) is 0.404. The van der Waals surface area contributed by atoms with Crippen LogP contribution in [0.3, 0.4) is 0 Å². The standard InChI is InChI=1S/C25H35F3N6O2/c1-24(2)12-16(13-25(3,4)34-24)31-21-18(26)14-30-23(33-21)32-15-5-6-19(20(11-15)36-22(27)28)35-17-7-9-29-10-8-17/h5-6,11,14,16-17,22,29,34H,7-10,12-13H2,1-4H3,(H2,30,31,32,33). The van der Waals surface area contributed by atoms with Crippen LogP contribution in [0.4, 0.5) is 30.6 Å². The van der Waals surface area contributed by atoms with Crippen molar-refractivity contribution >= 4 is 17.5 Å². The molecule has 0 spiro atoms. The van der Waals surface area contributed by atoms with Crippen LogP contribution < -0.4 is 30.7 Å². The second-order valence-corrected chi connectivity index (χ2v) is 10.8. The van der Waals surface area contributed by atoms with Gasteiger partial charge in [0.05, 0.1) is 6.20 Å². The van der Waals surface area contributed by atoms with Gasteiger partial charge in [0.2, 0.25) is 5.95 Å². The zero-order valence-corrected chi connectivity index (χ0v) is 21.1. The number of anilines is 3. The number of halogens is 3. The SMILES string of the molecule is CC1(C)CC(Nc2nc(Nc3ccc(OC4CCNCC4)c(OC(F)F)c3)ncc2F)CC(C)(C)N1. The van der Waals surface area contributed by atoms with Crippen LogP contribution in [-0.4, -0.2) is 52.9 Å². The zero-order valence-electron chi connectivity index (χ0n) is 21.1. The Hall–Kier alpha value is -2.79. The van der Waals surface area contributed by atoms with Gasteiger partial charge in [-0.15, -0.1) is 0 Å². The van der Waals surface area contributed by atoms with E-state index in [1.807, 2.05) is 0 Å². The predicted molar refractivity (Wildman–Crippen MR) is 133 cm³/mol. The number of alkyl halides is 2. The molecule has 0 radical (unpaired) electrons. The van der Waals surface area contributed by atoms with E-state index in [-0.39, 0.29) is 46.5 Å². The molecule has 4 N–H and O–H groups in total. The van der Waals surface area contributed by atoms with Gasteiger partial charge in [0.1, 0.15) is 6.10 Å². The van der Waals surface area contributed by atoms with Gasteiger partial charge in [-0.05, 0) is 78.6 Å². The van der Waals surface area contributed by atoms with Crippen LogP contribution in [0, 0.1) is 5.82 Å². The molecule has 2 saturated heterocycles. The van der Waals surface area contributed by atoms with Crippen molar-refractivity contribution in [3.05, 3.63) is 30.2 Å². The summed E-state index contributed by atoms with van der Waals surface area (Å²) in [5.74, 6) is -0.205. The van der Waals surface area contributed by atoms with E-state index in [4.69, 9.17) is 9.47 Å². The number of hydrogen-bond donors (Lipinski definition) is 4. The smallest absolute Gasteiger partial charge is 0.387 e. The maximum atomic E-state index is 14.6. The molecule has 1 aromatic heterocycles.